The molecule has 8 heteroatoms. The van der Waals surface area contributed by atoms with Crippen LogP contribution in [0.1, 0.15) is 35.6 Å². The van der Waals surface area contributed by atoms with Gasteiger partial charge in [0.1, 0.15) is 6.61 Å². The van der Waals surface area contributed by atoms with Crippen LogP contribution in [0.3, 0.4) is 0 Å². The highest BCUT2D eigenvalue weighted by molar-refractivity contribution is 5.98. The first kappa shape index (κ1) is 25.0. The van der Waals surface area contributed by atoms with Gasteiger partial charge in [-0.05, 0) is 35.2 Å². The van der Waals surface area contributed by atoms with Crippen molar-refractivity contribution in [3.8, 4) is 11.1 Å². The molecule has 3 rings (SSSR count). The number of nitrogens with zero attached hydrogens (tertiary/aromatic N) is 1. The first-order chi connectivity index (χ1) is 16.2. The second-order valence-electron chi connectivity index (χ2n) is 7.70. The van der Waals surface area contributed by atoms with Crippen molar-refractivity contribution in [3.05, 3.63) is 95.1 Å². The molecule has 0 aliphatic carbocycles. The average Bonchev–Trinajstić information content (AvgIpc) is 2.82. The lowest BCUT2D eigenvalue weighted by Gasteiger charge is -2.14. The molecule has 0 saturated heterocycles. The summed E-state index contributed by atoms with van der Waals surface area (Å²) in [6.45, 7) is 2.30. The van der Waals surface area contributed by atoms with E-state index in [-0.39, 0.29) is 18.6 Å². The highest BCUT2D eigenvalue weighted by atomic mass is 19.4. The van der Waals surface area contributed by atoms with Crippen LogP contribution in [0.25, 0.3) is 11.1 Å². The molecule has 0 aliphatic heterocycles. The molecule has 3 aromatic rings. The maximum absolute atomic E-state index is 13.7. The zero-order valence-corrected chi connectivity index (χ0v) is 18.6. The predicted octanol–water partition coefficient (Wildman–Crippen LogP) is 5.88. The van der Waals surface area contributed by atoms with Gasteiger partial charge in [-0.3, -0.25) is 4.79 Å². The van der Waals surface area contributed by atoms with Crippen molar-refractivity contribution >= 4 is 11.7 Å². The Morgan fingerprint density at radius 2 is 1.71 bits per heavy atom. The summed E-state index contributed by atoms with van der Waals surface area (Å²) in [7, 11) is 0. The zero-order valence-electron chi connectivity index (χ0n) is 18.6. The van der Waals surface area contributed by atoms with E-state index in [1.54, 1.807) is 37.3 Å². The maximum atomic E-state index is 13.7. The van der Waals surface area contributed by atoms with E-state index in [9.17, 15) is 18.0 Å². The third kappa shape index (κ3) is 7.18. The van der Waals surface area contributed by atoms with Gasteiger partial charge in [0, 0.05) is 18.7 Å². The number of halogens is 3. The second-order valence-corrected chi connectivity index (χ2v) is 7.70. The molecule has 34 heavy (non-hydrogen) atoms. The van der Waals surface area contributed by atoms with E-state index in [0.29, 0.717) is 29.9 Å². The molecular formula is C26H25F3N2O3. The van der Waals surface area contributed by atoms with Crippen molar-refractivity contribution < 1.29 is 27.9 Å². The first-order valence-electron chi connectivity index (χ1n) is 10.7. The molecular weight excluding hydrogens is 445 g/mol. The number of nitrogens with one attached hydrogen (secondary N) is 1. The van der Waals surface area contributed by atoms with Crippen LogP contribution in [0.4, 0.5) is 13.2 Å². The van der Waals surface area contributed by atoms with Gasteiger partial charge in [0.15, 0.2) is 0 Å². The van der Waals surface area contributed by atoms with Crippen molar-refractivity contribution in [3.63, 3.8) is 0 Å². The van der Waals surface area contributed by atoms with Crippen molar-refractivity contribution in [2.75, 3.05) is 6.54 Å². The summed E-state index contributed by atoms with van der Waals surface area (Å²) in [6.07, 6.45) is -4.47. The standard InChI is InChI=1S/C26H25F3N2O3/c1-18(20-9-7-19(8-10-20)16-30-14-13-25(32)33)31-34-17-23-12-11-22(15-24(23)26(27,28)29)21-5-3-2-4-6-21/h2-12,15,30H,13-14,16-17H2,1H3,(H,32,33). The van der Waals surface area contributed by atoms with Gasteiger partial charge in [-0.25, -0.2) is 0 Å². The monoisotopic (exact) mass is 470 g/mol. The Morgan fingerprint density at radius 1 is 1.00 bits per heavy atom. The van der Waals surface area contributed by atoms with Gasteiger partial charge in [-0.2, -0.15) is 13.2 Å². The highest BCUT2D eigenvalue weighted by Crippen LogP contribution is 2.35. The summed E-state index contributed by atoms with van der Waals surface area (Å²) >= 11 is 0. The Labute approximate surface area is 195 Å². The number of benzene rings is 3. The Morgan fingerprint density at radius 3 is 2.35 bits per heavy atom. The van der Waals surface area contributed by atoms with E-state index in [1.807, 2.05) is 30.3 Å². The number of rotatable bonds is 10. The average molecular weight is 470 g/mol. The molecule has 0 fully saturated rings. The van der Waals surface area contributed by atoms with Crippen LogP contribution in [-0.4, -0.2) is 23.3 Å². The summed E-state index contributed by atoms with van der Waals surface area (Å²) in [5.74, 6) is -0.857. The number of carboxylic acids is 1. The minimum Gasteiger partial charge on any atom is -0.481 e. The first-order valence-corrected chi connectivity index (χ1v) is 10.7. The molecule has 0 atom stereocenters. The molecule has 178 valence electrons. The van der Waals surface area contributed by atoms with Crippen molar-refractivity contribution in [2.45, 2.75) is 32.7 Å². The van der Waals surface area contributed by atoms with E-state index in [0.717, 1.165) is 17.2 Å². The van der Waals surface area contributed by atoms with Crippen LogP contribution in [-0.2, 0) is 29.0 Å². The third-order valence-corrected chi connectivity index (χ3v) is 5.16. The molecule has 0 saturated carbocycles. The van der Waals surface area contributed by atoms with Crippen LogP contribution < -0.4 is 5.32 Å². The van der Waals surface area contributed by atoms with Crippen molar-refractivity contribution in [1.29, 1.82) is 0 Å². The van der Waals surface area contributed by atoms with Gasteiger partial charge in [-0.15, -0.1) is 0 Å². The molecule has 0 unspecified atom stereocenters. The summed E-state index contributed by atoms with van der Waals surface area (Å²) in [5.41, 5.74) is 2.71. The normalized spacial score (nSPS) is 11.9. The van der Waals surface area contributed by atoms with Gasteiger partial charge in [0.05, 0.1) is 17.7 Å². The number of hydrogen-bond acceptors (Lipinski definition) is 4. The number of hydrogen-bond donors (Lipinski definition) is 2. The number of carbonyl (C=O) groups is 1. The summed E-state index contributed by atoms with van der Waals surface area (Å²) < 4.78 is 41.0. The maximum Gasteiger partial charge on any atom is 0.416 e. The molecule has 3 aromatic carbocycles. The molecule has 0 aliphatic rings. The SMILES string of the molecule is CC(=NOCc1ccc(-c2ccccc2)cc1C(F)(F)F)c1ccc(CNCCC(=O)O)cc1. The minimum absolute atomic E-state index is 0.00603. The second kappa shape index (κ2) is 11.5. The lowest BCUT2D eigenvalue weighted by Crippen LogP contribution is -2.17. The van der Waals surface area contributed by atoms with Crippen LogP contribution in [0.2, 0.25) is 0 Å². The number of aliphatic carboxylic acids is 1. The predicted molar refractivity (Wildman–Crippen MR) is 124 cm³/mol. The highest BCUT2D eigenvalue weighted by Gasteiger charge is 2.33. The summed E-state index contributed by atoms with van der Waals surface area (Å²) in [5, 5.41) is 15.7. The van der Waals surface area contributed by atoms with E-state index in [4.69, 9.17) is 9.94 Å². The fraction of sp³-hybridized carbons (Fsp3) is 0.231. The molecule has 0 aromatic heterocycles. The Hall–Kier alpha value is -3.65. The molecule has 0 heterocycles. The summed E-state index contributed by atoms with van der Waals surface area (Å²) in [4.78, 5) is 15.8. The quantitative estimate of drug-likeness (QED) is 0.221. The van der Waals surface area contributed by atoms with Crippen LogP contribution >= 0.6 is 0 Å². The van der Waals surface area contributed by atoms with E-state index >= 15 is 0 Å². The van der Waals surface area contributed by atoms with Gasteiger partial charge in [0.25, 0.3) is 0 Å². The number of oxime groups is 1. The Balaban J connectivity index is 1.64. The zero-order chi connectivity index (χ0) is 24.6. The molecule has 0 amide bonds. The van der Waals surface area contributed by atoms with Gasteiger partial charge in [0.2, 0.25) is 0 Å². The van der Waals surface area contributed by atoms with Crippen LogP contribution in [0, 0.1) is 0 Å². The van der Waals surface area contributed by atoms with Gasteiger partial charge < -0.3 is 15.3 Å². The molecule has 2 N–H and O–H groups in total. The fourth-order valence-corrected chi connectivity index (χ4v) is 3.32. The van der Waals surface area contributed by atoms with Gasteiger partial charge in [-0.1, -0.05) is 71.9 Å². The molecule has 0 radical (unpaired) electrons. The largest absolute Gasteiger partial charge is 0.481 e. The minimum atomic E-state index is -4.52. The Kier molecular flexibility index (Phi) is 8.43. The summed E-state index contributed by atoms with van der Waals surface area (Å²) in [6, 6.07) is 20.5. The number of carboxylic acid groups (broad SMARTS) is 1. The van der Waals surface area contributed by atoms with E-state index in [2.05, 4.69) is 10.5 Å². The van der Waals surface area contributed by atoms with Crippen molar-refractivity contribution in [2.24, 2.45) is 5.16 Å². The topological polar surface area (TPSA) is 70.9 Å². The van der Waals surface area contributed by atoms with E-state index in [1.165, 1.54) is 6.07 Å². The molecule has 0 spiro atoms. The lowest BCUT2D eigenvalue weighted by atomic mass is 9.99. The van der Waals surface area contributed by atoms with Crippen LogP contribution in [0.15, 0.2) is 78.0 Å². The lowest BCUT2D eigenvalue weighted by molar-refractivity contribution is -0.139. The number of alkyl halides is 3. The molecule has 5 nitrogen and oxygen atoms in total. The Bertz CT molecular complexity index is 1130. The third-order valence-electron chi connectivity index (χ3n) is 5.16. The van der Waals surface area contributed by atoms with Crippen molar-refractivity contribution in [1.82, 2.24) is 5.32 Å². The van der Waals surface area contributed by atoms with Crippen LogP contribution in [0.5, 0.6) is 0 Å². The smallest absolute Gasteiger partial charge is 0.416 e. The fourth-order valence-electron chi connectivity index (χ4n) is 3.32. The van der Waals surface area contributed by atoms with E-state index < -0.39 is 17.7 Å². The molecule has 0 bridgehead atoms. The van der Waals surface area contributed by atoms with Gasteiger partial charge >= 0.3 is 12.1 Å².